The van der Waals surface area contributed by atoms with Crippen molar-refractivity contribution >= 4 is 55.1 Å². The van der Waals surface area contributed by atoms with Gasteiger partial charge in [-0.3, -0.25) is 0 Å². The summed E-state index contributed by atoms with van der Waals surface area (Å²) in [5.74, 6) is 0.399. The van der Waals surface area contributed by atoms with Gasteiger partial charge in [0.15, 0.2) is 0 Å². The van der Waals surface area contributed by atoms with E-state index in [-0.39, 0.29) is 10.4 Å². The Kier molecular flexibility index (Phi) is 5.20. The summed E-state index contributed by atoms with van der Waals surface area (Å²) in [5.41, 5.74) is -0.864. The van der Waals surface area contributed by atoms with E-state index in [0.717, 1.165) is 0 Å². The van der Waals surface area contributed by atoms with Crippen molar-refractivity contribution in [3.63, 3.8) is 0 Å². The molecule has 4 atom stereocenters. The maximum Gasteiger partial charge on any atom is 0.128 e. The van der Waals surface area contributed by atoms with Crippen LogP contribution in [0.5, 0.6) is 0 Å². The Bertz CT molecular complexity index is 297. The van der Waals surface area contributed by atoms with Crippen molar-refractivity contribution in [1.82, 2.24) is 0 Å². The first-order valence-corrected chi connectivity index (χ1v) is 7.47. The van der Waals surface area contributed by atoms with Crippen LogP contribution in [0.25, 0.3) is 0 Å². The number of alkyl halides is 2. The molecular weight excluding hydrogens is 383 g/mol. The van der Waals surface area contributed by atoms with Crippen molar-refractivity contribution in [2.24, 2.45) is 0 Å². The molecule has 6 heteroatoms. The molecule has 1 saturated heterocycles. The Morgan fingerprint density at radius 3 is 2.75 bits per heavy atom. The fourth-order valence-electron chi connectivity index (χ4n) is 1.63. The summed E-state index contributed by atoms with van der Waals surface area (Å²) in [4.78, 5) is 1.56. The third-order valence-corrected chi connectivity index (χ3v) is 5.84. The van der Waals surface area contributed by atoms with Crippen molar-refractivity contribution in [3.05, 3.63) is 10.0 Å². The SMILES string of the molecule is C[C@](Br)(CCl)C1C[C@H](O)[C@](C)(/C(Cl)=C/Br)O1. The van der Waals surface area contributed by atoms with Crippen molar-refractivity contribution in [1.29, 1.82) is 0 Å². The monoisotopic (exact) mass is 394 g/mol. The van der Waals surface area contributed by atoms with Crippen LogP contribution in [0.1, 0.15) is 20.3 Å². The number of hydrogen-bond donors (Lipinski definition) is 1. The Morgan fingerprint density at radius 1 is 1.75 bits per heavy atom. The van der Waals surface area contributed by atoms with Gasteiger partial charge in [0.25, 0.3) is 0 Å². The van der Waals surface area contributed by atoms with Crippen LogP contribution < -0.4 is 0 Å². The molecule has 1 unspecified atom stereocenters. The van der Waals surface area contributed by atoms with Crippen molar-refractivity contribution in [2.45, 2.75) is 42.4 Å². The second-order valence-electron chi connectivity index (χ2n) is 4.33. The number of rotatable bonds is 3. The van der Waals surface area contributed by atoms with E-state index in [2.05, 4.69) is 31.9 Å². The van der Waals surface area contributed by atoms with Crippen LogP contribution in [0.15, 0.2) is 10.0 Å². The van der Waals surface area contributed by atoms with Gasteiger partial charge in [-0.05, 0) is 18.8 Å². The second kappa shape index (κ2) is 5.45. The maximum absolute atomic E-state index is 10.0. The minimum Gasteiger partial charge on any atom is -0.390 e. The molecular formula is C10H14Br2Cl2O2. The standard InChI is InChI=1S/C10H14Br2Cl2O2/c1-9(12,5-13)8-3-7(15)10(2,16-8)6(14)4-11/h4,7-8,15H,3,5H2,1-2H3/b6-4-/t7-,8?,9-,10-/m0/s1. The van der Waals surface area contributed by atoms with E-state index in [4.69, 9.17) is 27.9 Å². The lowest BCUT2D eigenvalue weighted by Gasteiger charge is -2.31. The van der Waals surface area contributed by atoms with E-state index in [0.29, 0.717) is 17.3 Å². The molecule has 1 aliphatic rings. The van der Waals surface area contributed by atoms with E-state index in [1.54, 1.807) is 11.9 Å². The summed E-state index contributed by atoms with van der Waals surface area (Å²) in [5, 5.41) is 10.5. The van der Waals surface area contributed by atoms with Gasteiger partial charge in [0.05, 0.1) is 21.6 Å². The van der Waals surface area contributed by atoms with Crippen LogP contribution in [0.3, 0.4) is 0 Å². The van der Waals surface area contributed by atoms with Crippen molar-refractivity contribution < 1.29 is 9.84 Å². The van der Waals surface area contributed by atoms with Crippen molar-refractivity contribution in [2.75, 3.05) is 5.88 Å². The number of aliphatic hydroxyl groups excluding tert-OH is 1. The first kappa shape index (κ1) is 15.3. The zero-order chi connectivity index (χ0) is 12.6. The lowest BCUT2D eigenvalue weighted by atomic mass is 9.96. The van der Waals surface area contributed by atoms with Gasteiger partial charge in [-0.2, -0.15) is 0 Å². The molecule has 94 valence electrons. The van der Waals surface area contributed by atoms with E-state index in [9.17, 15) is 5.11 Å². The largest absolute Gasteiger partial charge is 0.390 e. The number of aliphatic hydroxyl groups is 1. The average molecular weight is 397 g/mol. The third-order valence-electron chi connectivity index (χ3n) is 2.96. The summed E-state index contributed by atoms with van der Waals surface area (Å²) in [6.07, 6.45) is -0.313. The number of ether oxygens (including phenoxy) is 1. The molecule has 0 amide bonds. The van der Waals surface area contributed by atoms with E-state index < -0.39 is 11.7 Å². The molecule has 0 spiro atoms. The molecule has 0 aromatic rings. The van der Waals surface area contributed by atoms with E-state index in [1.807, 2.05) is 6.92 Å². The molecule has 1 N–H and O–H groups in total. The summed E-state index contributed by atoms with van der Waals surface area (Å²) < 4.78 is 5.49. The van der Waals surface area contributed by atoms with Gasteiger partial charge in [-0.25, -0.2) is 0 Å². The molecule has 16 heavy (non-hydrogen) atoms. The lowest BCUT2D eigenvalue weighted by Crippen LogP contribution is -2.39. The number of halogens is 4. The van der Waals surface area contributed by atoms with Gasteiger partial charge in [0.1, 0.15) is 5.60 Å². The van der Waals surface area contributed by atoms with Gasteiger partial charge in [-0.1, -0.05) is 43.5 Å². The topological polar surface area (TPSA) is 29.5 Å². The highest BCUT2D eigenvalue weighted by molar-refractivity contribution is 9.11. The molecule has 2 nitrogen and oxygen atoms in total. The second-order valence-corrected chi connectivity index (χ2v) is 7.28. The van der Waals surface area contributed by atoms with Gasteiger partial charge < -0.3 is 9.84 Å². The molecule has 0 aliphatic carbocycles. The summed E-state index contributed by atoms with van der Waals surface area (Å²) in [6, 6.07) is 0. The van der Waals surface area contributed by atoms with Gasteiger partial charge in [0.2, 0.25) is 0 Å². The maximum atomic E-state index is 10.0. The highest BCUT2D eigenvalue weighted by Crippen LogP contribution is 2.44. The Morgan fingerprint density at radius 2 is 2.31 bits per heavy atom. The normalized spacial score (nSPS) is 39.8. The molecule has 0 radical (unpaired) electrons. The molecule has 1 fully saturated rings. The van der Waals surface area contributed by atoms with Crippen LogP contribution in [0, 0.1) is 0 Å². The Balaban J connectivity index is 2.90. The van der Waals surface area contributed by atoms with E-state index >= 15 is 0 Å². The smallest absolute Gasteiger partial charge is 0.128 e. The highest BCUT2D eigenvalue weighted by Gasteiger charge is 2.51. The fourth-order valence-corrected chi connectivity index (χ4v) is 2.71. The van der Waals surface area contributed by atoms with Crippen LogP contribution in [0.2, 0.25) is 0 Å². The zero-order valence-corrected chi connectivity index (χ0v) is 13.7. The summed E-state index contributed by atoms with van der Waals surface area (Å²) >= 11 is 18.6. The molecule has 1 aliphatic heterocycles. The van der Waals surface area contributed by atoms with Crippen LogP contribution in [0.4, 0.5) is 0 Å². The average Bonchev–Trinajstić information content (AvgIpc) is 2.56. The van der Waals surface area contributed by atoms with Crippen molar-refractivity contribution in [3.8, 4) is 0 Å². The third kappa shape index (κ3) is 2.78. The molecule has 1 heterocycles. The van der Waals surface area contributed by atoms with Crippen LogP contribution in [-0.4, -0.2) is 33.1 Å². The minimum atomic E-state index is -0.864. The van der Waals surface area contributed by atoms with E-state index in [1.165, 1.54) is 0 Å². The quantitative estimate of drug-likeness (QED) is 0.736. The summed E-state index contributed by atoms with van der Waals surface area (Å²) in [7, 11) is 0. The predicted molar refractivity (Wildman–Crippen MR) is 74.8 cm³/mol. The molecule has 0 aromatic heterocycles. The highest BCUT2D eigenvalue weighted by atomic mass is 79.9. The molecule has 0 saturated carbocycles. The zero-order valence-electron chi connectivity index (χ0n) is 9.01. The Labute approximate surface area is 123 Å². The van der Waals surface area contributed by atoms with Gasteiger partial charge >= 0.3 is 0 Å². The molecule has 0 aromatic carbocycles. The minimum absolute atomic E-state index is 0.175. The lowest BCUT2D eigenvalue weighted by molar-refractivity contribution is -0.0443. The van der Waals surface area contributed by atoms with Crippen LogP contribution in [-0.2, 0) is 4.74 Å². The summed E-state index contributed by atoms with van der Waals surface area (Å²) in [6.45, 7) is 3.71. The number of hydrogen-bond acceptors (Lipinski definition) is 2. The van der Waals surface area contributed by atoms with Gasteiger partial charge in [-0.15, -0.1) is 11.6 Å². The van der Waals surface area contributed by atoms with Crippen LogP contribution >= 0.6 is 55.1 Å². The first-order valence-electron chi connectivity index (χ1n) is 4.85. The molecule has 1 rings (SSSR count). The predicted octanol–water partition coefficient (Wildman–Crippen LogP) is 3.76. The Hall–Kier alpha value is 1.20. The van der Waals surface area contributed by atoms with Gasteiger partial charge in [0, 0.05) is 12.3 Å². The molecule has 0 bridgehead atoms. The first-order chi connectivity index (χ1) is 7.28. The fraction of sp³-hybridized carbons (Fsp3) is 0.800.